The second-order valence-electron chi connectivity index (χ2n) is 5.12. The lowest BCUT2D eigenvalue weighted by molar-refractivity contribution is -0.929. The zero-order chi connectivity index (χ0) is 12.6. The number of hydrogen-bond donors (Lipinski definition) is 0. The molecule has 0 unspecified atom stereocenters. The molecule has 0 spiro atoms. The SMILES string of the molecule is C[N+]1(Cc2nc3ccccn3c2Br)CCOCC1. The molecule has 0 saturated carbocycles. The van der Waals surface area contributed by atoms with Gasteiger partial charge in [0, 0.05) is 6.20 Å². The Balaban J connectivity index is 1.92. The van der Waals surface area contributed by atoms with Gasteiger partial charge in [0.25, 0.3) is 0 Å². The van der Waals surface area contributed by atoms with Crippen molar-refractivity contribution in [3.63, 3.8) is 0 Å². The van der Waals surface area contributed by atoms with Crippen molar-refractivity contribution in [2.24, 2.45) is 0 Å². The number of aromatic nitrogens is 2. The lowest BCUT2D eigenvalue weighted by Crippen LogP contribution is -2.51. The third-order valence-electron chi connectivity index (χ3n) is 3.62. The fourth-order valence-corrected chi connectivity index (χ4v) is 2.93. The van der Waals surface area contributed by atoms with Crippen molar-refractivity contribution >= 4 is 21.6 Å². The Morgan fingerprint density at radius 2 is 2.17 bits per heavy atom. The van der Waals surface area contributed by atoms with Gasteiger partial charge in [-0.1, -0.05) is 6.07 Å². The van der Waals surface area contributed by atoms with E-state index in [4.69, 9.17) is 9.72 Å². The summed E-state index contributed by atoms with van der Waals surface area (Å²) in [6.45, 7) is 4.76. The third kappa shape index (κ3) is 2.18. The average molecular weight is 311 g/mol. The minimum Gasteiger partial charge on any atom is -0.370 e. The van der Waals surface area contributed by atoms with Crippen LogP contribution >= 0.6 is 15.9 Å². The smallest absolute Gasteiger partial charge is 0.138 e. The Labute approximate surface area is 115 Å². The van der Waals surface area contributed by atoms with Crippen LogP contribution in [0, 0.1) is 0 Å². The predicted octanol–water partition coefficient (Wildman–Crippen LogP) is 2.07. The Bertz CT molecular complexity index is 560. The molecule has 3 rings (SSSR count). The van der Waals surface area contributed by atoms with Crippen LogP contribution in [0.25, 0.3) is 5.65 Å². The van der Waals surface area contributed by atoms with Crippen molar-refractivity contribution in [3.8, 4) is 0 Å². The highest BCUT2D eigenvalue weighted by Gasteiger charge is 2.28. The first-order chi connectivity index (χ1) is 8.68. The number of hydrogen-bond acceptors (Lipinski definition) is 2. The maximum Gasteiger partial charge on any atom is 0.138 e. The maximum atomic E-state index is 5.44. The number of halogens is 1. The van der Waals surface area contributed by atoms with E-state index >= 15 is 0 Å². The molecular formula is C13H17BrN3O+. The first kappa shape index (κ1) is 12.1. The molecular weight excluding hydrogens is 294 g/mol. The van der Waals surface area contributed by atoms with E-state index in [1.165, 1.54) is 0 Å². The average Bonchev–Trinajstić information content (AvgIpc) is 2.67. The van der Waals surface area contributed by atoms with Crippen molar-refractivity contribution in [3.05, 3.63) is 34.7 Å². The van der Waals surface area contributed by atoms with Gasteiger partial charge in [0.2, 0.25) is 0 Å². The first-order valence-electron chi connectivity index (χ1n) is 6.21. The van der Waals surface area contributed by atoms with Crippen LogP contribution in [0.4, 0.5) is 0 Å². The van der Waals surface area contributed by atoms with Gasteiger partial charge in [0.15, 0.2) is 0 Å². The van der Waals surface area contributed by atoms with Gasteiger partial charge in [0.05, 0.1) is 20.3 Å². The number of imidazole rings is 1. The third-order valence-corrected chi connectivity index (χ3v) is 4.46. The van der Waals surface area contributed by atoms with E-state index < -0.39 is 0 Å². The molecule has 0 aliphatic carbocycles. The van der Waals surface area contributed by atoms with E-state index in [1.54, 1.807) is 0 Å². The van der Waals surface area contributed by atoms with Gasteiger partial charge in [-0.25, -0.2) is 4.98 Å². The van der Waals surface area contributed by atoms with Crippen LogP contribution in [0.5, 0.6) is 0 Å². The molecule has 0 amide bonds. The molecule has 0 atom stereocenters. The summed E-state index contributed by atoms with van der Waals surface area (Å²) in [4.78, 5) is 4.71. The van der Waals surface area contributed by atoms with Crippen LogP contribution < -0.4 is 0 Å². The largest absolute Gasteiger partial charge is 0.370 e. The molecule has 5 heteroatoms. The molecule has 1 fully saturated rings. The number of fused-ring (bicyclic) bond motifs is 1. The summed E-state index contributed by atoms with van der Waals surface area (Å²) in [6, 6.07) is 6.07. The Morgan fingerprint density at radius 1 is 1.39 bits per heavy atom. The number of rotatable bonds is 2. The van der Waals surface area contributed by atoms with E-state index in [9.17, 15) is 0 Å². The zero-order valence-corrected chi connectivity index (χ0v) is 12.1. The van der Waals surface area contributed by atoms with Crippen molar-refractivity contribution in [2.75, 3.05) is 33.4 Å². The summed E-state index contributed by atoms with van der Waals surface area (Å²) >= 11 is 3.66. The fourth-order valence-electron chi connectivity index (χ4n) is 2.42. The van der Waals surface area contributed by atoms with Crippen molar-refractivity contribution in [2.45, 2.75) is 6.54 Å². The van der Waals surface area contributed by atoms with Gasteiger partial charge >= 0.3 is 0 Å². The molecule has 0 radical (unpaired) electrons. The lowest BCUT2D eigenvalue weighted by Gasteiger charge is -2.37. The van der Waals surface area contributed by atoms with Crippen LogP contribution in [0.3, 0.4) is 0 Å². The number of nitrogens with zero attached hydrogens (tertiary/aromatic N) is 3. The molecule has 96 valence electrons. The summed E-state index contributed by atoms with van der Waals surface area (Å²) in [5.74, 6) is 0. The molecule has 0 aromatic carbocycles. The lowest BCUT2D eigenvalue weighted by atomic mass is 10.3. The topological polar surface area (TPSA) is 26.5 Å². The standard InChI is InChI=1S/C13H17BrN3O/c1-17(6-8-18-9-7-17)10-11-13(14)16-5-3-2-4-12(16)15-11/h2-5H,6-10H2,1H3/q+1. The van der Waals surface area contributed by atoms with Gasteiger partial charge in [-0.3, -0.25) is 4.40 Å². The molecule has 1 saturated heterocycles. The van der Waals surface area contributed by atoms with Crippen LogP contribution in [-0.2, 0) is 11.3 Å². The normalized spacial score (nSPS) is 19.2. The highest BCUT2D eigenvalue weighted by molar-refractivity contribution is 9.10. The quantitative estimate of drug-likeness (QED) is 0.794. The van der Waals surface area contributed by atoms with Gasteiger partial charge in [-0.05, 0) is 28.1 Å². The minimum atomic E-state index is 0.849. The highest BCUT2D eigenvalue weighted by Crippen LogP contribution is 2.23. The second-order valence-corrected chi connectivity index (χ2v) is 5.87. The predicted molar refractivity (Wildman–Crippen MR) is 73.3 cm³/mol. The summed E-state index contributed by atoms with van der Waals surface area (Å²) in [5, 5.41) is 0. The molecule has 3 heterocycles. The monoisotopic (exact) mass is 310 g/mol. The number of pyridine rings is 1. The maximum absolute atomic E-state index is 5.44. The van der Waals surface area contributed by atoms with Crippen LogP contribution in [0.2, 0.25) is 0 Å². The van der Waals surface area contributed by atoms with Crippen molar-refractivity contribution in [1.29, 1.82) is 0 Å². The molecule has 2 aromatic heterocycles. The van der Waals surface area contributed by atoms with Gasteiger partial charge in [0.1, 0.15) is 35.6 Å². The number of morpholine rings is 1. The number of likely N-dealkylation sites (N-methyl/N-ethyl adjacent to an activating group) is 1. The fraction of sp³-hybridized carbons (Fsp3) is 0.462. The summed E-state index contributed by atoms with van der Waals surface area (Å²) < 4.78 is 9.60. The molecule has 1 aliphatic rings. The van der Waals surface area contributed by atoms with Crippen molar-refractivity contribution in [1.82, 2.24) is 9.38 Å². The van der Waals surface area contributed by atoms with Crippen LogP contribution in [-0.4, -0.2) is 47.2 Å². The van der Waals surface area contributed by atoms with E-state index in [0.717, 1.165) is 53.3 Å². The molecule has 0 N–H and O–H groups in total. The Morgan fingerprint density at radius 3 is 2.89 bits per heavy atom. The molecule has 1 aliphatic heterocycles. The second kappa shape index (κ2) is 4.64. The molecule has 18 heavy (non-hydrogen) atoms. The molecule has 2 aromatic rings. The van der Waals surface area contributed by atoms with Gasteiger partial charge in [-0.15, -0.1) is 0 Å². The zero-order valence-electron chi connectivity index (χ0n) is 10.5. The summed E-state index contributed by atoms with van der Waals surface area (Å²) in [7, 11) is 2.28. The summed E-state index contributed by atoms with van der Waals surface area (Å²) in [6.07, 6.45) is 2.04. The molecule has 4 nitrogen and oxygen atoms in total. The summed E-state index contributed by atoms with van der Waals surface area (Å²) in [5.41, 5.74) is 2.13. The van der Waals surface area contributed by atoms with Gasteiger partial charge in [-0.2, -0.15) is 0 Å². The molecule has 0 bridgehead atoms. The van der Waals surface area contributed by atoms with E-state index in [0.29, 0.717) is 0 Å². The van der Waals surface area contributed by atoms with Crippen molar-refractivity contribution < 1.29 is 9.22 Å². The minimum absolute atomic E-state index is 0.849. The van der Waals surface area contributed by atoms with Crippen LogP contribution in [0.15, 0.2) is 29.0 Å². The van der Waals surface area contributed by atoms with Gasteiger partial charge < -0.3 is 9.22 Å². The van der Waals surface area contributed by atoms with E-state index in [2.05, 4.69) is 27.4 Å². The Kier molecular flexibility index (Phi) is 3.13. The number of quaternary nitrogens is 1. The van der Waals surface area contributed by atoms with Crippen LogP contribution in [0.1, 0.15) is 5.69 Å². The van der Waals surface area contributed by atoms with E-state index in [-0.39, 0.29) is 0 Å². The highest BCUT2D eigenvalue weighted by atomic mass is 79.9. The van der Waals surface area contributed by atoms with E-state index in [1.807, 2.05) is 24.4 Å². The number of ether oxygens (including phenoxy) is 1. The Hall–Kier alpha value is -0.910. The first-order valence-corrected chi connectivity index (χ1v) is 7.00.